The van der Waals surface area contributed by atoms with Crippen LogP contribution in [0.1, 0.15) is 28.5 Å². The molecule has 6 nitrogen and oxygen atoms in total. The molecule has 0 aliphatic carbocycles. The Morgan fingerprint density at radius 1 is 1.31 bits per heavy atom. The number of nitrogens with zero attached hydrogens (tertiary/aromatic N) is 1. The van der Waals surface area contributed by atoms with Gasteiger partial charge in [0.25, 0.3) is 5.91 Å². The van der Waals surface area contributed by atoms with Gasteiger partial charge in [-0.05, 0) is 29.1 Å². The first-order valence-electron chi connectivity index (χ1n) is 7.80. The molecule has 0 aliphatic rings. The van der Waals surface area contributed by atoms with E-state index in [0.29, 0.717) is 10.6 Å². The van der Waals surface area contributed by atoms with Crippen LogP contribution in [-0.2, 0) is 9.53 Å². The number of nitrogens with one attached hydrogen (secondary N) is 2. The van der Waals surface area contributed by atoms with E-state index in [9.17, 15) is 9.59 Å². The number of rotatable bonds is 6. The van der Waals surface area contributed by atoms with Crippen LogP contribution in [0.25, 0.3) is 10.6 Å². The fraction of sp³-hybridized carbons (Fsp3) is 0.167. The quantitative estimate of drug-likeness (QED) is 0.627. The lowest BCUT2D eigenvalue weighted by Crippen LogP contribution is -2.31. The molecule has 0 bridgehead atoms. The van der Waals surface area contributed by atoms with E-state index in [4.69, 9.17) is 16.3 Å². The first kappa shape index (κ1) is 18.2. The van der Waals surface area contributed by atoms with Gasteiger partial charge in [0.1, 0.15) is 0 Å². The Morgan fingerprint density at radius 3 is 2.81 bits per heavy atom. The Kier molecular flexibility index (Phi) is 5.70. The highest BCUT2D eigenvalue weighted by Gasteiger charge is 2.23. The van der Waals surface area contributed by atoms with Gasteiger partial charge in [-0.2, -0.15) is 5.10 Å². The number of aromatic nitrogens is 2. The molecule has 134 valence electrons. The van der Waals surface area contributed by atoms with Gasteiger partial charge in [0.15, 0.2) is 5.69 Å². The van der Waals surface area contributed by atoms with Crippen LogP contribution >= 0.6 is 22.9 Å². The average Bonchev–Trinajstić information content (AvgIpc) is 3.32. The Labute approximate surface area is 159 Å². The topological polar surface area (TPSA) is 84.1 Å². The number of H-pyrrole nitrogens is 1. The van der Waals surface area contributed by atoms with E-state index in [1.807, 2.05) is 17.5 Å². The number of hydrogen-bond acceptors (Lipinski definition) is 5. The maximum Gasteiger partial charge on any atom is 0.307 e. The first-order valence-corrected chi connectivity index (χ1v) is 9.05. The summed E-state index contributed by atoms with van der Waals surface area (Å²) in [6, 6.07) is 11.9. The van der Waals surface area contributed by atoms with Crippen LogP contribution < -0.4 is 5.32 Å². The summed E-state index contributed by atoms with van der Waals surface area (Å²) in [6.45, 7) is 0. The van der Waals surface area contributed by atoms with E-state index in [1.165, 1.54) is 7.11 Å². The lowest BCUT2D eigenvalue weighted by molar-refractivity contribution is -0.141. The molecule has 0 aliphatic heterocycles. The zero-order valence-corrected chi connectivity index (χ0v) is 15.4. The molecule has 26 heavy (non-hydrogen) atoms. The summed E-state index contributed by atoms with van der Waals surface area (Å²) in [7, 11) is 1.30. The summed E-state index contributed by atoms with van der Waals surface area (Å²) in [6.07, 6.45) is -0.0336. The molecule has 1 aromatic carbocycles. The van der Waals surface area contributed by atoms with Crippen molar-refractivity contribution in [1.29, 1.82) is 0 Å². The molecule has 2 N–H and O–H groups in total. The van der Waals surface area contributed by atoms with Crippen molar-refractivity contribution in [2.45, 2.75) is 12.5 Å². The van der Waals surface area contributed by atoms with E-state index in [-0.39, 0.29) is 12.1 Å². The summed E-state index contributed by atoms with van der Waals surface area (Å²) in [4.78, 5) is 25.3. The highest BCUT2D eigenvalue weighted by molar-refractivity contribution is 7.13. The molecule has 0 saturated carbocycles. The molecular formula is C18H16ClN3O3S. The number of thiophene rings is 1. The summed E-state index contributed by atoms with van der Waals surface area (Å²) < 4.78 is 4.73. The third kappa shape index (κ3) is 4.12. The van der Waals surface area contributed by atoms with Gasteiger partial charge in [-0.15, -0.1) is 11.3 Å². The molecule has 1 atom stereocenters. The highest BCUT2D eigenvalue weighted by atomic mass is 35.5. The second-order valence-electron chi connectivity index (χ2n) is 5.47. The summed E-state index contributed by atoms with van der Waals surface area (Å²) in [5.41, 5.74) is 1.63. The second kappa shape index (κ2) is 8.16. The van der Waals surface area contributed by atoms with Gasteiger partial charge in [0.2, 0.25) is 0 Å². The molecule has 0 spiro atoms. The number of esters is 1. The number of carbonyl (C=O) groups is 2. The smallest absolute Gasteiger partial charge is 0.307 e. The Morgan fingerprint density at radius 2 is 2.12 bits per heavy atom. The van der Waals surface area contributed by atoms with Crippen LogP contribution in [-0.4, -0.2) is 29.2 Å². The number of methoxy groups -OCH3 is 1. The minimum atomic E-state index is -0.620. The number of carbonyl (C=O) groups excluding carboxylic acids is 2. The van der Waals surface area contributed by atoms with Crippen LogP contribution in [0.5, 0.6) is 0 Å². The van der Waals surface area contributed by atoms with E-state index >= 15 is 0 Å². The summed E-state index contributed by atoms with van der Waals surface area (Å²) in [5, 5.41) is 12.1. The maximum absolute atomic E-state index is 12.6. The number of halogens is 1. The van der Waals surface area contributed by atoms with Crippen molar-refractivity contribution in [2.75, 3.05) is 7.11 Å². The number of ether oxygens (including phenoxy) is 1. The Hall–Kier alpha value is -2.64. The SMILES string of the molecule is COC(=O)CC(NC(=O)c1cc(-c2cccs2)[nH]n1)c1ccccc1Cl. The largest absolute Gasteiger partial charge is 0.469 e. The van der Waals surface area contributed by atoms with Crippen molar-refractivity contribution in [2.24, 2.45) is 0 Å². The normalized spacial score (nSPS) is 11.8. The van der Waals surface area contributed by atoms with Gasteiger partial charge in [-0.25, -0.2) is 0 Å². The van der Waals surface area contributed by atoms with Gasteiger partial charge in [-0.3, -0.25) is 14.7 Å². The fourth-order valence-electron chi connectivity index (χ4n) is 2.47. The van der Waals surface area contributed by atoms with Crippen LogP contribution in [0.4, 0.5) is 0 Å². The van der Waals surface area contributed by atoms with Crippen molar-refractivity contribution in [3.63, 3.8) is 0 Å². The van der Waals surface area contributed by atoms with Gasteiger partial charge in [0, 0.05) is 5.02 Å². The molecule has 3 aromatic rings. The molecule has 1 amide bonds. The lowest BCUT2D eigenvalue weighted by atomic mass is 10.0. The van der Waals surface area contributed by atoms with E-state index in [2.05, 4.69) is 15.5 Å². The fourth-order valence-corrected chi connectivity index (χ4v) is 3.43. The highest BCUT2D eigenvalue weighted by Crippen LogP contribution is 2.26. The van der Waals surface area contributed by atoms with Crippen LogP contribution in [0.3, 0.4) is 0 Å². The van der Waals surface area contributed by atoms with Crippen molar-refractivity contribution in [1.82, 2.24) is 15.5 Å². The molecular weight excluding hydrogens is 374 g/mol. The van der Waals surface area contributed by atoms with Crippen LogP contribution in [0, 0.1) is 0 Å². The monoisotopic (exact) mass is 389 g/mol. The van der Waals surface area contributed by atoms with Gasteiger partial charge in [0.05, 0.1) is 30.1 Å². The number of hydrogen-bond donors (Lipinski definition) is 2. The van der Waals surface area contributed by atoms with E-state index < -0.39 is 17.9 Å². The standard InChI is InChI=1S/C18H16ClN3O3S/c1-25-17(23)10-13(11-5-2-3-6-12(11)19)20-18(24)15-9-14(21-22-15)16-7-4-8-26-16/h2-9,13H,10H2,1H3,(H,20,24)(H,21,22). The van der Waals surface area contributed by atoms with Gasteiger partial charge >= 0.3 is 5.97 Å². The zero-order chi connectivity index (χ0) is 18.5. The first-order chi connectivity index (χ1) is 12.6. The minimum Gasteiger partial charge on any atom is -0.469 e. The van der Waals surface area contributed by atoms with Crippen molar-refractivity contribution >= 4 is 34.8 Å². The van der Waals surface area contributed by atoms with Gasteiger partial charge in [-0.1, -0.05) is 35.9 Å². The molecule has 0 saturated heterocycles. The molecule has 3 rings (SSSR count). The minimum absolute atomic E-state index is 0.0336. The van der Waals surface area contributed by atoms with Gasteiger partial charge < -0.3 is 10.1 Å². The van der Waals surface area contributed by atoms with Crippen LogP contribution in [0.2, 0.25) is 5.02 Å². The van der Waals surface area contributed by atoms with Crippen molar-refractivity contribution in [3.05, 3.63) is 64.1 Å². The van der Waals surface area contributed by atoms with E-state index in [1.54, 1.807) is 41.7 Å². The average molecular weight is 390 g/mol. The molecule has 2 heterocycles. The third-order valence-corrected chi connectivity index (χ3v) is 5.03. The summed E-state index contributed by atoms with van der Waals surface area (Å²) >= 11 is 7.77. The number of benzene rings is 1. The predicted octanol–water partition coefficient (Wildman–Crippen LogP) is 3.83. The number of aromatic amines is 1. The zero-order valence-electron chi connectivity index (χ0n) is 13.9. The molecule has 0 radical (unpaired) electrons. The Balaban J connectivity index is 1.81. The van der Waals surface area contributed by atoms with E-state index in [0.717, 1.165) is 10.6 Å². The number of amides is 1. The Bertz CT molecular complexity index is 908. The molecule has 1 unspecified atom stereocenters. The molecule has 8 heteroatoms. The maximum atomic E-state index is 12.6. The van der Waals surface area contributed by atoms with Crippen molar-refractivity contribution in [3.8, 4) is 10.6 Å². The molecule has 0 fully saturated rings. The molecule has 2 aromatic heterocycles. The summed E-state index contributed by atoms with van der Waals surface area (Å²) in [5.74, 6) is -0.852. The van der Waals surface area contributed by atoms with Crippen LogP contribution in [0.15, 0.2) is 47.8 Å². The predicted molar refractivity (Wildman–Crippen MR) is 100 cm³/mol. The third-order valence-electron chi connectivity index (χ3n) is 3.78. The van der Waals surface area contributed by atoms with Crippen molar-refractivity contribution < 1.29 is 14.3 Å². The lowest BCUT2D eigenvalue weighted by Gasteiger charge is -2.18. The second-order valence-corrected chi connectivity index (χ2v) is 6.83.